The fourth-order valence-corrected chi connectivity index (χ4v) is 6.45. The van der Waals surface area contributed by atoms with Crippen molar-refractivity contribution in [3.63, 3.8) is 0 Å². The number of fused-ring (bicyclic) bond motifs is 3. The molecule has 0 heterocycles. The summed E-state index contributed by atoms with van der Waals surface area (Å²) < 4.78 is 0. The molecule has 0 N–H and O–H groups in total. The van der Waals surface area contributed by atoms with Crippen LogP contribution in [0.25, 0.3) is 38.4 Å². The monoisotopic (exact) mass is 563 g/mol. The Balaban J connectivity index is 1.27. The van der Waals surface area contributed by atoms with Crippen LogP contribution in [0.5, 0.6) is 0 Å². The van der Waals surface area contributed by atoms with E-state index in [1.807, 2.05) is 42.5 Å². The molecule has 0 aliphatic heterocycles. The van der Waals surface area contributed by atoms with Gasteiger partial charge in [0.2, 0.25) is 0 Å². The van der Waals surface area contributed by atoms with Crippen LogP contribution in [0.4, 0.5) is 11.4 Å². The molecule has 0 spiro atoms. The number of hydrogen-bond acceptors (Lipinski definition) is 3. The summed E-state index contributed by atoms with van der Waals surface area (Å²) in [6, 6.07) is 44.1. The van der Waals surface area contributed by atoms with E-state index in [-0.39, 0.29) is 5.92 Å². The van der Waals surface area contributed by atoms with Crippen LogP contribution in [-0.2, 0) is 0 Å². The van der Waals surface area contributed by atoms with E-state index < -0.39 is 0 Å². The van der Waals surface area contributed by atoms with Crippen molar-refractivity contribution < 1.29 is 0 Å². The van der Waals surface area contributed by atoms with E-state index in [0.717, 1.165) is 39.2 Å². The number of allylic oxidation sites excluding steroid dienone is 5. The molecule has 0 amide bonds. The summed E-state index contributed by atoms with van der Waals surface area (Å²) in [5.74, 6) is 0.283. The van der Waals surface area contributed by atoms with Gasteiger partial charge in [0.05, 0.1) is 16.8 Å². The third-order valence-electron chi connectivity index (χ3n) is 8.56. The first-order valence-corrected chi connectivity index (χ1v) is 14.9. The second-order valence-corrected chi connectivity index (χ2v) is 11.3. The molecule has 1 unspecified atom stereocenters. The molecule has 3 heteroatoms. The predicted octanol–water partition coefficient (Wildman–Crippen LogP) is 10.6. The predicted molar refractivity (Wildman–Crippen MR) is 182 cm³/mol. The number of benzene rings is 6. The van der Waals surface area contributed by atoms with E-state index in [0.29, 0.717) is 11.1 Å². The molecule has 0 bridgehead atoms. The lowest BCUT2D eigenvalue weighted by molar-refractivity contribution is 0.656. The van der Waals surface area contributed by atoms with Gasteiger partial charge in [-0.1, -0.05) is 116 Å². The normalized spacial score (nSPS) is 14.8. The Morgan fingerprint density at radius 2 is 1.27 bits per heavy atom. The molecule has 1 atom stereocenters. The van der Waals surface area contributed by atoms with Crippen molar-refractivity contribution in [2.24, 2.45) is 5.92 Å². The van der Waals surface area contributed by atoms with Gasteiger partial charge in [-0.2, -0.15) is 10.5 Å². The van der Waals surface area contributed by atoms with Gasteiger partial charge in [0.1, 0.15) is 12.1 Å². The van der Waals surface area contributed by atoms with Crippen molar-refractivity contribution in [3.8, 4) is 12.1 Å². The highest BCUT2D eigenvalue weighted by atomic mass is 15.2. The van der Waals surface area contributed by atoms with Crippen LogP contribution in [0.2, 0.25) is 0 Å². The first-order valence-electron chi connectivity index (χ1n) is 14.9. The Labute approximate surface area is 257 Å². The molecule has 208 valence electrons. The highest BCUT2D eigenvalue weighted by Gasteiger charge is 2.23. The minimum atomic E-state index is 0.283. The minimum Gasteiger partial charge on any atom is -0.313 e. The molecule has 0 fully saturated rings. The zero-order valence-corrected chi connectivity index (χ0v) is 24.4. The average molecular weight is 564 g/mol. The van der Waals surface area contributed by atoms with Gasteiger partial charge in [-0.05, 0) is 53.3 Å². The van der Waals surface area contributed by atoms with Crippen molar-refractivity contribution in [2.45, 2.75) is 13.3 Å². The number of rotatable bonds is 5. The van der Waals surface area contributed by atoms with Crippen molar-refractivity contribution in [1.29, 1.82) is 10.5 Å². The molecule has 3 nitrogen and oxygen atoms in total. The molecule has 0 saturated carbocycles. The van der Waals surface area contributed by atoms with E-state index in [9.17, 15) is 10.5 Å². The van der Waals surface area contributed by atoms with Crippen LogP contribution in [0, 0.1) is 28.6 Å². The average Bonchev–Trinajstić information content (AvgIpc) is 3.07. The van der Waals surface area contributed by atoms with Crippen LogP contribution in [0.15, 0.2) is 145 Å². The fourth-order valence-electron chi connectivity index (χ4n) is 6.45. The topological polar surface area (TPSA) is 50.8 Å². The summed E-state index contributed by atoms with van der Waals surface area (Å²) in [6.45, 7) is 2.29. The lowest BCUT2D eigenvalue weighted by Gasteiger charge is -2.34. The van der Waals surface area contributed by atoms with Gasteiger partial charge in [-0.25, -0.2) is 0 Å². The number of nitrogens with zero attached hydrogens (tertiary/aromatic N) is 3. The number of nitriles is 2. The van der Waals surface area contributed by atoms with Gasteiger partial charge in [0.25, 0.3) is 0 Å². The maximum absolute atomic E-state index is 10.1. The Bertz CT molecular complexity index is 2240. The molecule has 6 aromatic carbocycles. The number of anilines is 2. The largest absolute Gasteiger partial charge is 0.313 e. The molecule has 6 aromatic rings. The molecular formula is C41H29N3. The third kappa shape index (κ3) is 4.72. The smallest absolute Gasteiger partial charge is 0.100 e. The van der Waals surface area contributed by atoms with Crippen LogP contribution < -0.4 is 4.90 Å². The number of hydrogen-bond donors (Lipinski definition) is 0. The molecule has 0 radical (unpaired) electrons. The van der Waals surface area contributed by atoms with Gasteiger partial charge in [0.15, 0.2) is 0 Å². The summed E-state index contributed by atoms with van der Waals surface area (Å²) >= 11 is 0. The van der Waals surface area contributed by atoms with Crippen LogP contribution in [0.1, 0.15) is 30.0 Å². The summed E-state index contributed by atoms with van der Waals surface area (Å²) in [7, 11) is 0. The SMILES string of the molecule is CC1CC(C=Cc2ccc3c(C#N)c4ccccc4c(C#N)c3c2)=CC=C1N(c1ccccc1)c1cccc2ccccc12. The molecule has 44 heavy (non-hydrogen) atoms. The van der Waals surface area contributed by atoms with Crippen molar-refractivity contribution in [3.05, 3.63) is 161 Å². The summed E-state index contributed by atoms with van der Waals surface area (Å²) in [6.07, 6.45) is 9.65. The first-order chi connectivity index (χ1) is 21.7. The van der Waals surface area contributed by atoms with E-state index >= 15 is 0 Å². The second kappa shape index (κ2) is 11.4. The number of para-hydroxylation sites is 1. The van der Waals surface area contributed by atoms with Gasteiger partial charge in [-0.15, -0.1) is 0 Å². The van der Waals surface area contributed by atoms with Gasteiger partial charge < -0.3 is 4.90 Å². The molecule has 1 aliphatic rings. The highest BCUT2D eigenvalue weighted by Crippen LogP contribution is 2.40. The lowest BCUT2D eigenvalue weighted by Crippen LogP contribution is -2.23. The quantitative estimate of drug-likeness (QED) is 0.196. The standard InChI is InChI=1S/C41H29N3/c1-28-24-29(18-19-30-20-22-36-37(25-30)39(27-43)35-16-8-7-15-34(35)38(36)26-42)21-23-40(28)44(32-12-3-2-4-13-32)41-17-9-11-31-10-5-6-14-33(31)41/h2-23,25,28H,24H2,1H3. The lowest BCUT2D eigenvalue weighted by atomic mass is 9.89. The van der Waals surface area contributed by atoms with Crippen molar-refractivity contribution >= 4 is 49.8 Å². The van der Waals surface area contributed by atoms with Crippen LogP contribution in [0.3, 0.4) is 0 Å². The highest BCUT2D eigenvalue weighted by molar-refractivity contribution is 6.09. The van der Waals surface area contributed by atoms with E-state index in [2.05, 4.69) is 121 Å². The van der Waals surface area contributed by atoms with Gasteiger partial charge >= 0.3 is 0 Å². The first kappa shape index (κ1) is 27.0. The van der Waals surface area contributed by atoms with Crippen LogP contribution in [-0.4, -0.2) is 0 Å². The Morgan fingerprint density at radius 3 is 2.00 bits per heavy atom. The second-order valence-electron chi connectivity index (χ2n) is 11.3. The molecule has 0 aromatic heterocycles. The molecule has 0 saturated heterocycles. The summed E-state index contributed by atoms with van der Waals surface area (Å²) in [4.78, 5) is 2.40. The summed E-state index contributed by atoms with van der Waals surface area (Å²) in [5.41, 5.74) is 7.03. The summed E-state index contributed by atoms with van der Waals surface area (Å²) in [5, 5.41) is 25.7. The van der Waals surface area contributed by atoms with E-state index in [1.165, 1.54) is 27.7 Å². The maximum Gasteiger partial charge on any atom is 0.100 e. The maximum atomic E-state index is 10.1. The Hall–Kier alpha value is -5.90. The minimum absolute atomic E-state index is 0.283. The molecule has 7 rings (SSSR count). The zero-order chi connectivity index (χ0) is 30.0. The van der Waals surface area contributed by atoms with E-state index in [4.69, 9.17) is 0 Å². The van der Waals surface area contributed by atoms with Crippen LogP contribution >= 0.6 is 0 Å². The fraction of sp³-hybridized carbons (Fsp3) is 0.0732. The Morgan fingerprint density at radius 1 is 0.636 bits per heavy atom. The van der Waals surface area contributed by atoms with E-state index in [1.54, 1.807) is 0 Å². The van der Waals surface area contributed by atoms with Gasteiger partial charge in [0, 0.05) is 44.2 Å². The zero-order valence-electron chi connectivity index (χ0n) is 24.4. The van der Waals surface area contributed by atoms with Crippen molar-refractivity contribution in [1.82, 2.24) is 0 Å². The third-order valence-corrected chi connectivity index (χ3v) is 8.56. The molecule has 1 aliphatic carbocycles. The molecular weight excluding hydrogens is 534 g/mol. The van der Waals surface area contributed by atoms with Gasteiger partial charge in [-0.3, -0.25) is 0 Å². The van der Waals surface area contributed by atoms with Crippen molar-refractivity contribution in [2.75, 3.05) is 4.90 Å². The Kier molecular flexibility index (Phi) is 6.99.